The lowest BCUT2D eigenvalue weighted by atomic mass is 10.1. The zero-order valence-corrected chi connectivity index (χ0v) is 19.1. The third-order valence-electron chi connectivity index (χ3n) is 6.36. The van der Waals surface area contributed by atoms with Gasteiger partial charge in [-0.25, -0.2) is 4.98 Å². The number of aromatic nitrogens is 2. The first kappa shape index (κ1) is 21.6. The minimum Gasteiger partial charge on any atom is -0.352 e. The Morgan fingerprint density at radius 2 is 2.12 bits per heavy atom. The van der Waals surface area contributed by atoms with Crippen molar-refractivity contribution in [2.45, 2.75) is 38.3 Å². The maximum atomic E-state index is 13.7. The number of thiophene rings is 1. The van der Waals surface area contributed by atoms with Crippen molar-refractivity contribution < 1.29 is 4.79 Å². The number of nitrogens with zero attached hydrogens (tertiary/aromatic N) is 4. The van der Waals surface area contributed by atoms with Crippen molar-refractivity contribution in [2.75, 3.05) is 24.5 Å². The number of rotatable bonds is 6. The molecule has 2 aromatic heterocycles. The minimum absolute atomic E-state index is 0.00465. The van der Waals surface area contributed by atoms with Gasteiger partial charge in [0.1, 0.15) is 10.2 Å². The van der Waals surface area contributed by atoms with Crippen LogP contribution in [0.2, 0.25) is 0 Å². The first-order chi connectivity index (χ1) is 16.0. The normalized spacial score (nSPS) is 18.3. The van der Waals surface area contributed by atoms with Crippen LogP contribution in [0.1, 0.15) is 47.2 Å². The maximum absolute atomic E-state index is 13.7. The van der Waals surface area contributed by atoms with Crippen LogP contribution in [-0.4, -0.2) is 41.1 Å². The monoisotopic (exact) mass is 462 g/mol. The van der Waals surface area contributed by atoms with Crippen LogP contribution in [0.4, 0.5) is 5.95 Å². The van der Waals surface area contributed by atoms with Crippen molar-refractivity contribution >= 4 is 33.4 Å². The zero-order chi connectivity index (χ0) is 22.9. The lowest BCUT2D eigenvalue weighted by molar-refractivity contribution is 0.0953. The number of nitrogens with two attached hydrogens (primary N) is 1. The molecule has 1 aliphatic carbocycles. The largest absolute Gasteiger partial charge is 0.352 e. The number of fused-ring (bicyclic) bond motifs is 1. The molecule has 2 aliphatic rings. The number of hydrogen-bond donors (Lipinski definition) is 2. The van der Waals surface area contributed by atoms with Gasteiger partial charge >= 0.3 is 0 Å². The topological polar surface area (TPSA) is 117 Å². The van der Waals surface area contributed by atoms with E-state index in [0.717, 1.165) is 37.8 Å². The molecule has 0 spiro atoms. The van der Waals surface area contributed by atoms with Crippen molar-refractivity contribution in [3.63, 3.8) is 0 Å². The summed E-state index contributed by atoms with van der Waals surface area (Å²) < 4.78 is 2.07. The Bertz CT molecular complexity index is 1300. The average Bonchev–Trinajstić information content (AvgIpc) is 3.56. The first-order valence-corrected chi connectivity index (χ1v) is 12.2. The summed E-state index contributed by atoms with van der Waals surface area (Å²) in [4.78, 5) is 33.4. The highest BCUT2D eigenvalue weighted by molar-refractivity contribution is 7.17. The van der Waals surface area contributed by atoms with Crippen LogP contribution in [0.3, 0.4) is 0 Å². The van der Waals surface area contributed by atoms with Gasteiger partial charge in [0.05, 0.1) is 23.7 Å². The molecule has 0 unspecified atom stereocenters. The fourth-order valence-electron chi connectivity index (χ4n) is 4.32. The molecule has 3 aromatic rings. The van der Waals surface area contributed by atoms with Gasteiger partial charge in [-0.05, 0) is 43.2 Å². The van der Waals surface area contributed by atoms with Gasteiger partial charge in [-0.2, -0.15) is 5.26 Å². The van der Waals surface area contributed by atoms with Crippen LogP contribution in [0.15, 0.2) is 34.4 Å². The molecular formula is C24H26N6O2S. The number of benzene rings is 1. The average molecular weight is 463 g/mol. The molecule has 1 aromatic carbocycles. The molecule has 0 bridgehead atoms. The molecule has 0 radical (unpaired) electrons. The van der Waals surface area contributed by atoms with Gasteiger partial charge in [0.15, 0.2) is 0 Å². The zero-order valence-electron chi connectivity index (χ0n) is 18.3. The Balaban J connectivity index is 1.60. The summed E-state index contributed by atoms with van der Waals surface area (Å²) >= 11 is 1.24. The highest BCUT2D eigenvalue weighted by atomic mass is 32.1. The molecule has 9 heteroatoms. The quantitative estimate of drug-likeness (QED) is 0.581. The number of nitriles is 1. The highest BCUT2D eigenvalue weighted by Crippen LogP contribution is 2.29. The molecule has 1 aliphatic heterocycles. The number of anilines is 1. The molecule has 5 rings (SSSR count). The number of amides is 1. The molecule has 1 saturated heterocycles. The Kier molecular flexibility index (Phi) is 5.87. The summed E-state index contributed by atoms with van der Waals surface area (Å²) in [7, 11) is 0. The van der Waals surface area contributed by atoms with Crippen molar-refractivity contribution in [2.24, 2.45) is 11.7 Å². The number of nitrogens with one attached hydrogen (secondary N) is 1. The van der Waals surface area contributed by atoms with Gasteiger partial charge < -0.3 is 16.0 Å². The van der Waals surface area contributed by atoms with E-state index in [0.29, 0.717) is 46.3 Å². The third kappa shape index (κ3) is 4.36. The number of carbonyl (C=O) groups excluding carboxylic acids is 1. The maximum Gasteiger partial charge on any atom is 0.273 e. The van der Waals surface area contributed by atoms with Gasteiger partial charge in [0, 0.05) is 31.1 Å². The predicted molar refractivity (Wildman–Crippen MR) is 129 cm³/mol. The molecular weight excluding hydrogens is 436 g/mol. The van der Waals surface area contributed by atoms with Crippen molar-refractivity contribution in [1.82, 2.24) is 14.9 Å². The Morgan fingerprint density at radius 3 is 2.88 bits per heavy atom. The van der Waals surface area contributed by atoms with Gasteiger partial charge in [-0.15, -0.1) is 11.3 Å². The molecule has 3 N–H and O–H groups in total. The Labute approximate surface area is 195 Å². The van der Waals surface area contributed by atoms with Crippen molar-refractivity contribution in [3.8, 4) is 6.07 Å². The summed E-state index contributed by atoms with van der Waals surface area (Å²) in [6, 6.07) is 9.47. The second-order valence-corrected chi connectivity index (χ2v) is 9.78. The molecule has 170 valence electrons. The van der Waals surface area contributed by atoms with E-state index in [2.05, 4.69) is 11.4 Å². The Morgan fingerprint density at radius 1 is 1.30 bits per heavy atom. The summed E-state index contributed by atoms with van der Waals surface area (Å²) in [5.74, 6) is 0.883. The van der Waals surface area contributed by atoms with Gasteiger partial charge in [-0.3, -0.25) is 14.2 Å². The summed E-state index contributed by atoms with van der Waals surface area (Å²) in [5.41, 5.74) is 8.20. The Hall–Kier alpha value is -3.22. The molecule has 1 atom stereocenters. The van der Waals surface area contributed by atoms with E-state index in [4.69, 9.17) is 10.7 Å². The summed E-state index contributed by atoms with van der Waals surface area (Å²) in [6.45, 7) is 2.21. The molecule has 3 heterocycles. The van der Waals surface area contributed by atoms with E-state index in [1.165, 1.54) is 11.3 Å². The van der Waals surface area contributed by atoms with Crippen LogP contribution < -0.4 is 21.5 Å². The second kappa shape index (κ2) is 8.96. The van der Waals surface area contributed by atoms with Crippen LogP contribution in [-0.2, 0) is 6.54 Å². The van der Waals surface area contributed by atoms with E-state index in [1.54, 1.807) is 16.0 Å². The lowest BCUT2D eigenvalue weighted by Gasteiger charge is -2.33. The molecule has 1 saturated carbocycles. The fraction of sp³-hybridized carbons (Fsp3) is 0.417. The van der Waals surface area contributed by atoms with Crippen LogP contribution in [0, 0.1) is 17.2 Å². The second-order valence-electron chi connectivity index (χ2n) is 8.90. The number of hydrogen-bond acceptors (Lipinski definition) is 7. The first-order valence-electron chi connectivity index (χ1n) is 11.3. The standard InChI is InChI=1S/C24H26N6O2S/c25-10-16-4-1-2-5-17(16)12-30-23(32)21-20(28-24(30)29-9-3-6-18(26)13-29)19(14-33-21)22(31)27-11-15-7-8-15/h1-2,4-5,14-15,18H,3,6-9,11-13,26H2,(H,27,31)/t18-/m1/s1. The predicted octanol–water partition coefficient (Wildman–Crippen LogP) is 2.45. The van der Waals surface area contributed by atoms with Crippen LogP contribution in [0.5, 0.6) is 0 Å². The number of carbonyl (C=O) groups is 1. The molecule has 2 fully saturated rings. The van der Waals surface area contributed by atoms with Crippen LogP contribution in [0.25, 0.3) is 10.2 Å². The molecule has 33 heavy (non-hydrogen) atoms. The van der Waals surface area contributed by atoms with Crippen LogP contribution >= 0.6 is 11.3 Å². The summed E-state index contributed by atoms with van der Waals surface area (Å²) in [6.07, 6.45) is 4.13. The van der Waals surface area contributed by atoms with E-state index >= 15 is 0 Å². The SMILES string of the molecule is N#Cc1ccccc1Cn1c(N2CCC[C@@H](N)C2)nc2c(C(=O)NCC3CC3)csc2c1=O. The molecule has 8 nitrogen and oxygen atoms in total. The van der Waals surface area contributed by atoms with Gasteiger partial charge in [-0.1, -0.05) is 18.2 Å². The minimum atomic E-state index is -0.201. The fourth-order valence-corrected chi connectivity index (χ4v) is 5.25. The van der Waals surface area contributed by atoms with Crippen molar-refractivity contribution in [3.05, 3.63) is 56.7 Å². The van der Waals surface area contributed by atoms with Crippen molar-refractivity contribution in [1.29, 1.82) is 5.26 Å². The lowest BCUT2D eigenvalue weighted by Crippen LogP contribution is -2.45. The highest BCUT2D eigenvalue weighted by Gasteiger charge is 2.27. The smallest absolute Gasteiger partial charge is 0.273 e. The summed E-state index contributed by atoms with van der Waals surface area (Å²) in [5, 5.41) is 14.2. The van der Waals surface area contributed by atoms with Gasteiger partial charge in [0.25, 0.3) is 11.5 Å². The van der Waals surface area contributed by atoms with E-state index in [1.807, 2.05) is 23.1 Å². The van der Waals surface area contributed by atoms with E-state index < -0.39 is 0 Å². The van der Waals surface area contributed by atoms with E-state index in [-0.39, 0.29) is 24.1 Å². The van der Waals surface area contributed by atoms with E-state index in [9.17, 15) is 14.9 Å². The third-order valence-corrected chi connectivity index (χ3v) is 7.31. The van der Waals surface area contributed by atoms with Gasteiger partial charge in [0.2, 0.25) is 5.95 Å². The molecule has 1 amide bonds. The number of piperidine rings is 1.